The maximum Gasteiger partial charge on any atom is 0.230 e. The molecule has 4 aromatic rings. The summed E-state index contributed by atoms with van der Waals surface area (Å²) in [6.07, 6.45) is 3.45. The number of benzene rings is 1. The number of hydrogen-bond donors (Lipinski definition) is 1. The summed E-state index contributed by atoms with van der Waals surface area (Å²) >= 11 is 1.47. The highest BCUT2D eigenvalue weighted by molar-refractivity contribution is 7.13. The summed E-state index contributed by atoms with van der Waals surface area (Å²) in [5, 5.41) is 12.7. The largest absolute Gasteiger partial charge is 0.353 e. The molecule has 0 aliphatic rings. The van der Waals surface area contributed by atoms with Gasteiger partial charge in [-0.2, -0.15) is 0 Å². The van der Waals surface area contributed by atoms with Gasteiger partial charge >= 0.3 is 0 Å². The van der Waals surface area contributed by atoms with Crippen molar-refractivity contribution < 1.29 is 9.32 Å². The molecule has 142 valence electrons. The first-order chi connectivity index (χ1) is 14.2. The van der Waals surface area contributed by atoms with Crippen LogP contribution in [0.5, 0.6) is 0 Å². The Labute approximate surface area is 168 Å². The number of hydrogen-bond acceptors (Lipinski definition) is 7. The summed E-state index contributed by atoms with van der Waals surface area (Å²) in [6, 6.07) is 12.7. The summed E-state index contributed by atoms with van der Waals surface area (Å²) in [5.41, 5.74) is 12.2. The lowest BCUT2D eigenvalue weighted by Gasteiger charge is -2.03. The molecular formula is C19H13N7O2S. The van der Waals surface area contributed by atoms with Crippen LogP contribution in [0.15, 0.2) is 69.9 Å². The van der Waals surface area contributed by atoms with Crippen LogP contribution in [0.3, 0.4) is 0 Å². The number of anilines is 1. The second-order valence-electron chi connectivity index (χ2n) is 5.86. The lowest BCUT2D eigenvalue weighted by atomic mass is 10.1. The van der Waals surface area contributed by atoms with Crippen molar-refractivity contribution in [1.82, 2.24) is 15.1 Å². The normalized spacial score (nSPS) is 10.3. The molecule has 3 aromatic heterocycles. The summed E-state index contributed by atoms with van der Waals surface area (Å²) < 4.78 is 5.46. The zero-order valence-electron chi connectivity index (χ0n) is 14.9. The van der Waals surface area contributed by atoms with Gasteiger partial charge in [0.25, 0.3) is 0 Å². The van der Waals surface area contributed by atoms with Crippen LogP contribution in [0.1, 0.15) is 0 Å². The van der Waals surface area contributed by atoms with Crippen molar-refractivity contribution in [2.45, 2.75) is 0 Å². The molecule has 1 N–H and O–H groups in total. The van der Waals surface area contributed by atoms with E-state index in [2.05, 4.69) is 30.5 Å². The number of thiazole rings is 1. The van der Waals surface area contributed by atoms with Crippen LogP contribution < -0.4 is 5.32 Å². The Hall–Kier alpha value is -4.01. The molecule has 10 heteroatoms. The van der Waals surface area contributed by atoms with Gasteiger partial charge in [-0.15, -0.1) is 11.3 Å². The van der Waals surface area contributed by atoms with E-state index in [1.54, 1.807) is 24.5 Å². The van der Waals surface area contributed by atoms with Crippen LogP contribution in [0.25, 0.3) is 43.7 Å². The van der Waals surface area contributed by atoms with Crippen LogP contribution in [-0.4, -0.2) is 27.6 Å². The molecule has 9 nitrogen and oxygen atoms in total. The maximum absolute atomic E-state index is 11.6. The van der Waals surface area contributed by atoms with Crippen molar-refractivity contribution in [3.05, 3.63) is 70.7 Å². The predicted octanol–water partition coefficient (Wildman–Crippen LogP) is 4.78. The molecule has 0 spiro atoms. The second-order valence-corrected chi connectivity index (χ2v) is 6.72. The standard InChI is InChI=1S/C19H13N7O2S/c20-26-22-10-18(27)23-14-3-1-12(2-4-14)15-9-17(28-25-15)19-24-16(11-29-19)13-5-7-21-8-6-13/h1-9,11H,10H2,(H,23,27). The molecule has 0 saturated heterocycles. The highest BCUT2D eigenvalue weighted by Gasteiger charge is 2.13. The first-order valence-corrected chi connectivity index (χ1v) is 9.35. The van der Waals surface area contributed by atoms with E-state index in [4.69, 9.17) is 10.1 Å². The Morgan fingerprint density at radius 3 is 2.66 bits per heavy atom. The number of aromatic nitrogens is 3. The number of azide groups is 1. The van der Waals surface area contributed by atoms with Gasteiger partial charge in [0.15, 0.2) is 10.8 Å². The topological polar surface area (TPSA) is 130 Å². The number of nitrogens with one attached hydrogen (secondary N) is 1. The highest BCUT2D eigenvalue weighted by Crippen LogP contribution is 2.31. The first-order valence-electron chi connectivity index (χ1n) is 8.47. The van der Waals surface area contributed by atoms with Crippen LogP contribution in [0.4, 0.5) is 5.69 Å². The van der Waals surface area contributed by atoms with Crippen molar-refractivity contribution in [3.63, 3.8) is 0 Å². The molecule has 0 fully saturated rings. The van der Waals surface area contributed by atoms with Crippen molar-refractivity contribution in [1.29, 1.82) is 0 Å². The number of nitrogens with zero attached hydrogens (tertiary/aromatic N) is 6. The molecule has 1 amide bonds. The zero-order chi connectivity index (χ0) is 20.1. The second kappa shape index (κ2) is 8.34. The van der Waals surface area contributed by atoms with E-state index in [0.717, 1.165) is 21.8 Å². The SMILES string of the molecule is [N-]=[N+]=NCC(=O)Nc1ccc(-c2cc(-c3nc(-c4ccncc4)cs3)on2)cc1. The molecule has 0 aliphatic heterocycles. The minimum atomic E-state index is -0.381. The quantitative estimate of drug-likeness (QED) is 0.281. The van der Waals surface area contributed by atoms with Gasteiger partial charge in [-0.3, -0.25) is 9.78 Å². The number of amides is 1. The monoisotopic (exact) mass is 403 g/mol. The minimum absolute atomic E-state index is 0.250. The Kier molecular flexibility index (Phi) is 5.28. The minimum Gasteiger partial charge on any atom is -0.353 e. The summed E-state index contributed by atoms with van der Waals surface area (Å²) in [4.78, 5) is 22.8. The van der Waals surface area contributed by atoms with Crippen LogP contribution in [0.2, 0.25) is 0 Å². The average molecular weight is 403 g/mol. The third kappa shape index (κ3) is 4.29. The van der Waals surface area contributed by atoms with Crippen molar-refractivity contribution >= 4 is 22.9 Å². The number of pyridine rings is 1. The molecule has 3 heterocycles. The molecule has 0 radical (unpaired) electrons. The fraction of sp³-hybridized carbons (Fsp3) is 0.0526. The first kappa shape index (κ1) is 18.4. The predicted molar refractivity (Wildman–Crippen MR) is 109 cm³/mol. The molecule has 0 bridgehead atoms. The molecule has 0 aliphatic carbocycles. The number of rotatable bonds is 6. The third-order valence-corrected chi connectivity index (χ3v) is 4.80. The van der Waals surface area contributed by atoms with Gasteiger partial charge in [0, 0.05) is 45.6 Å². The van der Waals surface area contributed by atoms with E-state index in [-0.39, 0.29) is 12.5 Å². The van der Waals surface area contributed by atoms with Crippen LogP contribution in [-0.2, 0) is 4.79 Å². The van der Waals surface area contributed by atoms with Gasteiger partial charge in [0.05, 0.1) is 5.69 Å². The van der Waals surface area contributed by atoms with E-state index in [1.807, 2.05) is 35.7 Å². The Bertz CT molecular complexity index is 1180. The van der Waals surface area contributed by atoms with Crippen molar-refractivity contribution in [2.24, 2.45) is 5.11 Å². The summed E-state index contributed by atoms with van der Waals surface area (Å²) in [7, 11) is 0. The van der Waals surface area contributed by atoms with Crippen molar-refractivity contribution in [3.8, 4) is 33.3 Å². The Morgan fingerprint density at radius 2 is 1.90 bits per heavy atom. The molecule has 0 saturated carbocycles. The molecule has 0 unspecified atom stereocenters. The maximum atomic E-state index is 11.6. The van der Waals surface area contributed by atoms with Crippen LogP contribution in [0, 0.1) is 0 Å². The Morgan fingerprint density at radius 1 is 1.14 bits per heavy atom. The van der Waals surface area contributed by atoms with E-state index in [1.165, 1.54) is 11.3 Å². The van der Waals surface area contributed by atoms with Gasteiger partial charge in [-0.1, -0.05) is 22.4 Å². The van der Waals surface area contributed by atoms with Gasteiger partial charge in [-0.25, -0.2) is 4.98 Å². The summed E-state index contributed by atoms with van der Waals surface area (Å²) in [5.74, 6) is 0.199. The van der Waals surface area contributed by atoms with Gasteiger partial charge in [0.2, 0.25) is 5.91 Å². The fourth-order valence-electron chi connectivity index (χ4n) is 2.57. The molecule has 4 rings (SSSR count). The fourth-order valence-corrected chi connectivity index (χ4v) is 3.35. The molecule has 0 atom stereocenters. The Balaban J connectivity index is 1.49. The molecule has 29 heavy (non-hydrogen) atoms. The van der Waals surface area contributed by atoms with Gasteiger partial charge in [-0.05, 0) is 29.8 Å². The average Bonchev–Trinajstić information content (AvgIpc) is 3.43. The van der Waals surface area contributed by atoms with E-state index in [0.29, 0.717) is 17.1 Å². The summed E-state index contributed by atoms with van der Waals surface area (Å²) in [6.45, 7) is -0.250. The highest BCUT2D eigenvalue weighted by atomic mass is 32.1. The van der Waals surface area contributed by atoms with E-state index >= 15 is 0 Å². The van der Waals surface area contributed by atoms with E-state index in [9.17, 15) is 4.79 Å². The van der Waals surface area contributed by atoms with Gasteiger partial charge in [0.1, 0.15) is 12.2 Å². The van der Waals surface area contributed by atoms with Crippen molar-refractivity contribution in [2.75, 3.05) is 11.9 Å². The lowest BCUT2D eigenvalue weighted by molar-refractivity contribution is -0.114. The molecular weight excluding hydrogens is 390 g/mol. The smallest absolute Gasteiger partial charge is 0.230 e. The number of carbonyl (C=O) groups is 1. The molecule has 1 aromatic carbocycles. The van der Waals surface area contributed by atoms with Crippen LogP contribution >= 0.6 is 11.3 Å². The number of carbonyl (C=O) groups excluding carboxylic acids is 1. The van der Waals surface area contributed by atoms with E-state index < -0.39 is 0 Å². The third-order valence-electron chi connectivity index (χ3n) is 3.94. The van der Waals surface area contributed by atoms with Gasteiger partial charge < -0.3 is 9.84 Å². The lowest BCUT2D eigenvalue weighted by Crippen LogP contribution is -2.14. The zero-order valence-corrected chi connectivity index (χ0v) is 15.7.